The lowest BCUT2D eigenvalue weighted by atomic mass is 9.54. The van der Waals surface area contributed by atoms with Gasteiger partial charge in [-0.25, -0.2) is 0 Å². The smallest absolute Gasteiger partial charge is 0.468 e. The van der Waals surface area contributed by atoms with Gasteiger partial charge in [0.15, 0.2) is 0 Å². The minimum atomic E-state index is -0.314. The molecule has 2 aliphatic rings. The van der Waals surface area contributed by atoms with Crippen molar-refractivity contribution in [3.63, 3.8) is 0 Å². The topological polar surface area (TPSA) is 38.7 Å². The van der Waals surface area contributed by atoms with Crippen molar-refractivity contribution in [3.05, 3.63) is 23.5 Å². The average molecular weight is 250 g/mol. The molecule has 1 aliphatic carbocycles. The second kappa shape index (κ2) is 3.88. The summed E-state index contributed by atoms with van der Waals surface area (Å²) in [4.78, 5) is 0. The van der Waals surface area contributed by atoms with Gasteiger partial charge >= 0.3 is 7.12 Å². The van der Waals surface area contributed by atoms with Gasteiger partial charge in [-0.2, -0.15) is 0 Å². The highest BCUT2D eigenvalue weighted by Crippen LogP contribution is 2.50. The molecule has 0 spiro atoms. The number of hydrogen-bond donors (Lipinski definition) is 1. The highest BCUT2D eigenvalue weighted by atomic mass is 16.7. The molecule has 1 saturated heterocycles. The van der Waals surface area contributed by atoms with Crippen LogP contribution in [0.5, 0.6) is 0 Å². The summed E-state index contributed by atoms with van der Waals surface area (Å²) in [5.41, 5.74) is 0.353. The molecule has 1 aliphatic heterocycles. The molecule has 0 radical (unpaired) electrons. The molecule has 1 fully saturated rings. The molecule has 0 bridgehead atoms. The van der Waals surface area contributed by atoms with Crippen LogP contribution in [0.4, 0.5) is 0 Å². The predicted octanol–water partition coefficient (Wildman–Crippen LogP) is 3.63. The summed E-state index contributed by atoms with van der Waals surface area (Å²) in [5.74, 6) is 0.365. The van der Waals surface area contributed by atoms with E-state index in [0.717, 1.165) is 12.0 Å². The van der Waals surface area contributed by atoms with Gasteiger partial charge in [-0.05, 0) is 52.7 Å². The van der Waals surface area contributed by atoms with Crippen molar-refractivity contribution >= 4 is 7.12 Å². The Morgan fingerprint density at radius 3 is 2.06 bits per heavy atom. The lowest BCUT2D eigenvalue weighted by Crippen LogP contribution is -2.41. The monoisotopic (exact) mass is 250 g/mol. The highest BCUT2D eigenvalue weighted by Gasteiger charge is 2.57. The minimum absolute atomic E-state index is 0.221. The number of hydrogen-bond acceptors (Lipinski definition) is 3. The van der Waals surface area contributed by atoms with Crippen LogP contribution in [0.15, 0.2) is 23.5 Å². The van der Waals surface area contributed by atoms with Gasteiger partial charge in [0.25, 0.3) is 0 Å². The Bertz CT molecular complexity index is 407. The highest BCUT2D eigenvalue weighted by molar-refractivity contribution is 6.50. The second-order valence-corrected chi connectivity index (χ2v) is 6.77. The van der Waals surface area contributed by atoms with E-state index >= 15 is 0 Å². The van der Waals surface area contributed by atoms with Crippen molar-refractivity contribution in [1.29, 1.82) is 0 Å². The van der Waals surface area contributed by atoms with Crippen LogP contribution in [-0.4, -0.2) is 23.4 Å². The lowest BCUT2D eigenvalue weighted by Gasteiger charge is -2.32. The first-order valence-corrected chi connectivity index (χ1v) is 6.51. The Labute approximate surface area is 110 Å². The van der Waals surface area contributed by atoms with Crippen molar-refractivity contribution in [2.24, 2.45) is 0 Å². The first-order valence-electron chi connectivity index (χ1n) is 6.51. The van der Waals surface area contributed by atoms with Gasteiger partial charge in [-0.3, -0.25) is 0 Å². The number of allylic oxidation sites excluding steroid dienone is 3. The van der Waals surface area contributed by atoms with Crippen molar-refractivity contribution in [1.82, 2.24) is 0 Å². The zero-order chi connectivity index (χ0) is 13.8. The van der Waals surface area contributed by atoms with Crippen LogP contribution >= 0.6 is 0 Å². The zero-order valence-corrected chi connectivity index (χ0v) is 12.2. The molecular formula is C14H23BO3. The third-order valence-electron chi connectivity index (χ3n) is 4.50. The SMILES string of the molecule is CC1=C(O)C=CC(C)(B2OC(C)(C)C(C)(C)O2)C1. The molecule has 0 amide bonds. The third-order valence-corrected chi connectivity index (χ3v) is 4.50. The van der Waals surface area contributed by atoms with Gasteiger partial charge < -0.3 is 14.4 Å². The maximum Gasteiger partial charge on any atom is 0.468 e. The molecule has 1 N–H and O–H groups in total. The molecular weight excluding hydrogens is 227 g/mol. The van der Waals surface area contributed by atoms with Crippen molar-refractivity contribution in [2.75, 3.05) is 0 Å². The van der Waals surface area contributed by atoms with Gasteiger partial charge in [0, 0.05) is 5.31 Å². The van der Waals surface area contributed by atoms with E-state index in [9.17, 15) is 5.11 Å². The molecule has 1 atom stereocenters. The van der Waals surface area contributed by atoms with E-state index in [0.29, 0.717) is 5.76 Å². The summed E-state index contributed by atoms with van der Waals surface area (Å²) in [6.07, 6.45) is 4.51. The van der Waals surface area contributed by atoms with Crippen LogP contribution in [-0.2, 0) is 9.31 Å². The normalized spacial score (nSPS) is 34.2. The fourth-order valence-electron chi connectivity index (χ4n) is 2.41. The molecule has 2 rings (SSSR count). The minimum Gasteiger partial charge on any atom is -0.508 e. The first kappa shape index (κ1) is 13.7. The summed E-state index contributed by atoms with van der Waals surface area (Å²) in [6, 6.07) is 0. The van der Waals surface area contributed by atoms with Crippen LogP contribution in [0.3, 0.4) is 0 Å². The fourth-order valence-corrected chi connectivity index (χ4v) is 2.41. The predicted molar refractivity (Wildman–Crippen MR) is 73.5 cm³/mol. The zero-order valence-electron chi connectivity index (χ0n) is 12.2. The Kier molecular flexibility index (Phi) is 2.95. The molecule has 1 heterocycles. The van der Waals surface area contributed by atoms with E-state index < -0.39 is 0 Å². The van der Waals surface area contributed by atoms with Crippen molar-refractivity contribution < 1.29 is 14.4 Å². The number of rotatable bonds is 1. The Morgan fingerprint density at radius 1 is 1.11 bits per heavy atom. The second-order valence-electron chi connectivity index (χ2n) is 6.77. The maximum absolute atomic E-state index is 9.67. The van der Waals surface area contributed by atoms with Gasteiger partial charge in [-0.1, -0.05) is 13.0 Å². The Morgan fingerprint density at radius 2 is 1.61 bits per heavy atom. The van der Waals surface area contributed by atoms with Crippen molar-refractivity contribution in [3.8, 4) is 0 Å². The van der Waals surface area contributed by atoms with Gasteiger partial charge in [-0.15, -0.1) is 0 Å². The largest absolute Gasteiger partial charge is 0.508 e. The molecule has 3 nitrogen and oxygen atoms in total. The summed E-state index contributed by atoms with van der Waals surface area (Å²) in [6.45, 7) is 12.3. The van der Waals surface area contributed by atoms with E-state index in [1.807, 2.05) is 13.0 Å². The lowest BCUT2D eigenvalue weighted by molar-refractivity contribution is 0.00578. The summed E-state index contributed by atoms with van der Waals surface area (Å²) < 4.78 is 12.2. The Hall–Kier alpha value is -0.735. The molecule has 4 heteroatoms. The molecule has 0 aromatic rings. The van der Waals surface area contributed by atoms with E-state index in [-0.39, 0.29) is 23.6 Å². The standard InChI is InChI=1S/C14H23BO3/c1-10-9-14(6,8-7-11(10)16)15-17-12(2,3)13(4,5)18-15/h7-8,16H,9H2,1-6H3. The van der Waals surface area contributed by atoms with Crippen LogP contribution in [0.1, 0.15) is 48.0 Å². The summed E-state index contributed by atoms with van der Waals surface area (Å²) in [7, 11) is -0.276. The molecule has 1 unspecified atom stereocenters. The number of aliphatic hydroxyl groups is 1. The summed E-state index contributed by atoms with van der Waals surface area (Å²) >= 11 is 0. The van der Waals surface area contributed by atoms with E-state index in [1.165, 1.54) is 0 Å². The quantitative estimate of drug-likeness (QED) is 0.722. The molecule has 18 heavy (non-hydrogen) atoms. The van der Waals surface area contributed by atoms with Gasteiger partial charge in [0.05, 0.1) is 11.2 Å². The van der Waals surface area contributed by atoms with Crippen LogP contribution in [0.2, 0.25) is 5.31 Å². The first-order chi connectivity index (χ1) is 8.07. The maximum atomic E-state index is 9.67. The number of aliphatic hydroxyl groups excluding tert-OH is 1. The molecule has 0 aromatic heterocycles. The fraction of sp³-hybridized carbons (Fsp3) is 0.714. The van der Waals surface area contributed by atoms with Crippen LogP contribution in [0, 0.1) is 0 Å². The van der Waals surface area contributed by atoms with Gasteiger partial charge in [0.2, 0.25) is 0 Å². The summed E-state index contributed by atoms with van der Waals surface area (Å²) in [5, 5.41) is 9.45. The molecule has 100 valence electrons. The third kappa shape index (κ3) is 2.01. The Balaban J connectivity index is 2.23. The van der Waals surface area contributed by atoms with Crippen LogP contribution in [0.25, 0.3) is 0 Å². The van der Waals surface area contributed by atoms with Gasteiger partial charge in [0.1, 0.15) is 5.76 Å². The molecule has 0 aromatic carbocycles. The average Bonchev–Trinajstić information content (AvgIpc) is 2.44. The van der Waals surface area contributed by atoms with Crippen molar-refractivity contribution in [2.45, 2.75) is 64.5 Å². The van der Waals surface area contributed by atoms with E-state index in [4.69, 9.17) is 9.31 Å². The van der Waals surface area contributed by atoms with E-state index in [2.05, 4.69) is 34.6 Å². The molecule has 0 saturated carbocycles. The van der Waals surface area contributed by atoms with E-state index in [1.54, 1.807) is 6.08 Å². The van der Waals surface area contributed by atoms with Crippen LogP contribution < -0.4 is 0 Å².